The summed E-state index contributed by atoms with van der Waals surface area (Å²) in [6.45, 7) is 2.13. The van der Waals surface area contributed by atoms with Crippen molar-refractivity contribution < 1.29 is 0 Å². The van der Waals surface area contributed by atoms with Crippen molar-refractivity contribution in [3.05, 3.63) is 42.0 Å². The van der Waals surface area contributed by atoms with Gasteiger partial charge in [-0.1, -0.05) is 52.3 Å². The molecule has 74 valence electrons. The molecule has 0 unspecified atom stereocenters. The molecule has 14 heavy (non-hydrogen) atoms. The monoisotopic (exact) mass is 251 g/mol. The second-order valence-corrected chi connectivity index (χ2v) is 4.82. The third-order valence-electron chi connectivity index (χ3n) is 2.54. The van der Waals surface area contributed by atoms with Crippen LogP contribution in [0.2, 0.25) is 0 Å². The Hall–Kier alpha value is -0.600. The van der Waals surface area contributed by atoms with Gasteiger partial charge in [0.25, 0.3) is 0 Å². The number of alkyl halides is 1. The molecule has 1 heterocycles. The highest BCUT2D eigenvalue weighted by Crippen LogP contribution is 2.27. The first-order chi connectivity index (χ1) is 6.77. The van der Waals surface area contributed by atoms with Crippen LogP contribution < -0.4 is 0 Å². The molecule has 2 heteroatoms. The van der Waals surface area contributed by atoms with Gasteiger partial charge in [-0.3, -0.25) is 0 Å². The van der Waals surface area contributed by atoms with E-state index in [4.69, 9.17) is 0 Å². The van der Waals surface area contributed by atoms with E-state index in [-0.39, 0.29) is 0 Å². The molecule has 1 atom stereocenters. The number of likely N-dealkylation sites (N-methyl/N-ethyl adjacent to an activating group) is 1. The third kappa shape index (κ3) is 2.07. The molecule has 0 aliphatic carbocycles. The predicted octanol–water partition coefficient (Wildman–Crippen LogP) is 2.78. The Kier molecular flexibility index (Phi) is 3.04. The second-order valence-electron chi connectivity index (χ2n) is 3.71. The molecule has 1 aliphatic rings. The van der Waals surface area contributed by atoms with Crippen LogP contribution in [0.3, 0.4) is 0 Å². The van der Waals surface area contributed by atoms with Gasteiger partial charge in [-0.2, -0.15) is 0 Å². The molecule has 0 spiro atoms. The Morgan fingerprint density at radius 1 is 1.29 bits per heavy atom. The summed E-state index contributed by atoms with van der Waals surface area (Å²) in [5.74, 6) is 0. The zero-order chi connectivity index (χ0) is 9.97. The summed E-state index contributed by atoms with van der Waals surface area (Å²) in [5.41, 5.74) is 2.76. The van der Waals surface area contributed by atoms with Crippen LogP contribution in [-0.4, -0.2) is 29.9 Å². The van der Waals surface area contributed by atoms with E-state index < -0.39 is 0 Å². The van der Waals surface area contributed by atoms with Crippen molar-refractivity contribution in [2.24, 2.45) is 0 Å². The van der Waals surface area contributed by atoms with E-state index in [0.717, 1.165) is 13.1 Å². The van der Waals surface area contributed by atoms with Crippen molar-refractivity contribution in [1.82, 2.24) is 4.90 Å². The highest BCUT2D eigenvalue weighted by molar-refractivity contribution is 9.09. The molecule has 1 aliphatic heterocycles. The van der Waals surface area contributed by atoms with Gasteiger partial charge < -0.3 is 4.90 Å². The van der Waals surface area contributed by atoms with Gasteiger partial charge in [0, 0.05) is 13.1 Å². The van der Waals surface area contributed by atoms with Crippen molar-refractivity contribution in [3.8, 4) is 0 Å². The van der Waals surface area contributed by atoms with Crippen LogP contribution in [0, 0.1) is 0 Å². The molecule has 0 aromatic heterocycles. The Labute approximate surface area is 93.6 Å². The van der Waals surface area contributed by atoms with Gasteiger partial charge in [0.1, 0.15) is 0 Å². The number of hydrogen-bond donors (Lipinski definition) is 0. The smallest absolute Gasteiger partial charge is 0.0525 e. The van der Waals surface area contributed by atoms with E-state index in [2.05, 4.69) is 64.3 Å². The molecule has 1 nitrogen and oxygen atoms in total. The van der Waals surface area contributed by atoms with E-state index >= 15 is 0 Å². The standard InChI is InChI=1S/C12H14BrN/c1-14-8-7-11(12(13)9-14)10-5-3-2-4-6-10/h2-7,12H,8-9H2,1H3/t12-/m0/s1. The fraction of sp³-hybridized carbons (Fsp3) is 0.333. The van der Waals surface area contributed by atoms with E-state index in [1.165, 1.54) is 11.1 Å². The summed E-state index contributed by atoms with van der Waals surface area (Å²) in [5, 5.41) is 0. The van der Waals surface area contributed by atoms with Crippen LogP contribution in [0.15, 0.2) is 36.4 Å². The minimum atomic E-state index is 0.462. The zero-order valence-electron chi connectivity index (χ0n) is 8.28. The molecular weight excluding hydrogens is 238 g/mol. The Morgan fingerprint density at radius 3 is 2.64 bits per heavy atom. The van der Waals surface area contributed by atoms with Crippen LogP contribution in [-0.2, 0) is 0 Å². The molecule has 1 aromatic carbocycles. The molecule has 0 saturated carbocycles. The first-order valence-corrected chi connectivity index (χ1v) is 5.77. The number of halogens is 1. The summed E-state index contributed by atoms with van der Waals surface area (Å²) < 4.78 is 0. The molecule has 0 bridgehead atoms. The second kappa shape index (κ2) is 4.28. The summed E-state index contributed by atoms with van der Waals surface area (Å²) in [7, 11) is 2.15. The highest BCUT2D eigenvalue weighted by atomic mass is 79.9. The minimum Gasteiger partial charge on any atom is -0.301 e. The SMILES string of the molecule is CN1CC=C(c2ccccc2)[C@@H](Br)C1. The lowest BCUT2D eigenvalue weighted by atomic mass is 10.00. The predicted molar refractivity (Wildman–Crippen MR) is 64.6 cm³/mol. The van der Waals surface area contributed by atoms with Crippen molar-refractivity contribution in [2.75, 3.05) is 20.1 Å². The first kappa shape index (κ1) is 9.94. The van der Waals surface area contributed by atoms with E-state index in [0.29, 0.717) is 4.83 Å². The molecule has 0 radical (unpaired) electrons. The minimum absolute atomic E-state index is 0.462. The van der Waals surface area contributed by atoms with Gasteiger partial charge in [-0.25, -0.2) is 0 Å². The van der Waals surface area contributed by atoms with Gasteiger partial charge in [0.2, 0.25) is 0 Å². The fourth-order valence-corrected chi connectivity index (χ4v) is 2.70. The van der Waals surface area contributed by atoms with E-state index in [9.17, 15) is 0 Å². The average molecular weight is 252 g/mol. The highest BCUT2D eigenvalue weighted by Gasteiger charge is 2.18. The number of benzene rings is 1. The molecule has 0 saturated heterocycles. The van der Waals surface area contributed by atoms with Crippen molar-refractivity contribution in [2.45, 2.75) is 4.83 Å². The third-order valence-corrected chi connectivity index (χ3v) is 3.32. The van der Waals surface area contributed by atoms with Gasteiger partial charge in [-0.05, 0) is 18.2 Å². The zero-order valence-corrected chi connectivity index (χ0v) is 9.87. The molecule has 2 rings (SSSR count). The van der Waals surface area contributed by atoms with Gasteiger partial charge in [-0.15, -0.1) is 0 Å². The molecule has 0 fully saturated rings. The molecular formula is C12H14BrN. The van der Waals surface area contributed by atoms with Crippen molar-refractivity contribution >= 4 is 21.5 Å². The number of hydrogen-bond acceptors (Lipinski definition) is 1. The van der Waals surface area contributed by atoms with Crippen LogP contribution in [0.4, 0.5) is 0 Å². The maximum atomic E-state index is 3.72. The molecule has 0 N–H and O–H groups in total. The normalized spacial score (nSPS) is 23.3. The van der Waals surface area contributed by atoms with Crippen LogP contribution in [0.25, 0.3) is 5.57 Å². The Balaban J connectivity index is 2.27. The summed E-state index contributed by atoms with van der Waals surface area (Å²) in [4.78, 5) is 2.77. The lowest BCUT2D eigenvalue weighted by Gasteiger charge is -2.26. The number of rotatable bonds is 1. The van der Waals surface area contributed by atoms with Gasteiger partial charge >= 0.3 is 0 Å². The van der Waals surface area contributed by atoms with E-state index in [1.807, 2.05) is 0 Å². The number of nitrogens with zero attached hydrogens (tertiary/aromatic N) is 1. The largest absolute Gasteiger partial charge is 0.301 e. The summed E-state index contributed by atoms with van der Waals surface area (Å²) >= 11 is 3.72. The Morgan fingerprint density at radius 2 is 2.00 bits per heavy atom. The van der Waals surface area contributed by atoms with Crippen LogP contribution in [0.1, 0.15) is 5.56 Å². The maximum absolute atomic E-state index is 3.72. The van der Waals surface area contributed by atoms with E-state index in [1.54, 1.807) is 0 Å². The quantitative estimate of drug-likeness (QED) is 0.695. The lowest BCUT2D eigenvalue weighted by molar-refractivity contribution is 0.375. The average Bonchev–Trinajstić information content (AvgIpc) is 2.19. The van der Waals surface area contributed by atoms with Crippen molar-refractivity contribution in [1.29, 1.82) is 0 Å². The maximum Gasteiger partial charge on any atom is 0.0525 e. The topological polar surface area (TPSA) is 3.24 Å². The van der Waals surface area contributed by atoms with Gasteiger partial charge in [0.15, 0.2) is 0 Å². The fourth-order valence-electron chi connectivity index (χ4n) is 1.76. The molecule has 0 amide bonds. The van der Waals surface area contributed by atoms with Crippen LogP contribution >= 0.6 is 15.9 Å². The first-order valence-electron chi connectivity index (χ1n) is 4.85. The van der Waals surface area contributed by atoms with Gasteiger partial charge in [0.05, 0.1) is 4.83 Å². The summed E-state index contributed by atoms with van der Waals surface area (Å²) in [6, 6.07) is 10.6. The van der Waals surface area contributed by atoms with Crippen LogP contribution in [0.5, 0.6) is 0 Å². The summed E-state index contributed by atoms with van der Waals surface area (Å²) in [6.07, 6.45) is 2.30. The lowest BCUT2D eigenvalue weighted by Crippen LogP contribution is -2.31. The van der Waals surface area contributed by atoms with Crippen molar-refractivity contribution in [3.63, 3.8) is 0 Å². The molecule has 1 aromatic rings. The Bertz CT molecular complexity index is 331.